The number of H-pyrrole nitrogens is 1. The fourth-order valence-corrected chi connectivity index (χ4v) is 3.96. The highest BCUT2D eigenvalue weighted by Gasteiger charge is 2.26. The molecule has 1 aromatic heterocycles. The molecule has 6 heteroatoms. The van der Waals surface area contributed by atoms with E-state index in [0.29, 0.717) is 11.1 Å². The van der Waals surface area contributed by atoms with Gasteiger partial charge in [-0.15, -0.1) is 0 Å². The fraction of sp³-hybridized carbons (Fsp3) is 0.185. The third kappa shape index (κ3) is 4.80. The summed E-state index contributed by atoms with van der Waals surface area (Å²) in [5.74, 6) is -1.97. The molecule has 2 N–H and O–H groups in total. The number of rotatable bonds is 7. The van der Waals surface area contributed by atoms with Crippen LogP contribution in [0.15, 0.2) is 79.0 Å². The molecular formula is C27H25FN2O3. The molecule has 168 valence electrons. The third-order valence-corrected chi connectivity index (χ3v) is 5.87. The third-order valence-electron chi connectivity index (χ3n) is 5.87. The minimum absolute atomic E-state index is 0.274. The maximum atomic E-state index is 14.8. The van der Waals surface area contributed by atoms with E-state index in [4.69, 9.17) is 4.74 Å². The number of amides is 1. The summed E-state index contributed by atoms with van der Waals surface area (Å²) < 4.78 is 19.7. The van der Waals surface area contributed by atoms with Gasteiger partial charge < -0.3 is 15.0 Å². The summed E-state index contributed by atoms with van der Waals surface area (Å²) in [6, 6.07) is 20.9. The van der Waals surface area contributed by atoms with Crippen molar-refractivity contribution in [2.24, 2.45) is 0 Å². The zero-order valence-electron chi connectivity index (χ0n) is 18.5. The molecule has 3 aromatic carbocycles. The van der Waals surface area contributed by atoms with Crippen molar-refractivity contribution in [3.05, 3.63) is 95.9 Å². The number of halogens is 1. The minimum Gasteiger partial charge on any atom is -0.467 e. The number of aromatic nitrogens is 1. The highest BCUT2D eigenvalue weighted by atomic mass is 19.1. The Balaban J connectivity index is 1.52. The number of carbonyl (C=O) groups excluding carboxylic acids is 2. The van der Waals surface area contributed by atoms with E-state index in [9.17, 15) is 14.0 Å². The van der Waals surface area contributed by atoms with E-state index in [0.717, 1.165) is 22.0 Å². The number of hydrogen-bond donors (Lipinski definition) is 2. The summed E-state index contributed by atoms with van der Waals surface area (Å²) in [6.07, 6.45) is 2.10. The van der Waals surface area contributed by atoms with Crippen molar-refractivity contribution >= 4 is 22.8 Å². The molecule has 4 rings (SSSR count). The van der Waals surface area contributed by atoms with Crippen LogP contribution in [-0.2, 0) is 20.7 Å². The van der Waals surface area contributed by atoms with Crippen LogP contribution in [0, 0.1) is 5.82 Å². The number of hydrogen-bond acceptors (Lipinski definition) is 3. The van der Waals surface area contributed by atoms with E-state index >= 15 is 0 Å². The lowest BCUT2D eigenvalue weighted by Crippen LogP contribution is -2.44. The first-order valence-electron chi connectivity index (χ1n) is 10.8. The predicted octanol–water partition coefficient (Wildman–Crippen LogP) is 4.98. The second-order valence-electron chi connectivity index (χ2n) is 7.97. The molecule has 0 radical (unpaired) electrons. The molecule has 0 bridgehead atoms. The number of aromatic amines is 1. The molecule has 1 amide bonds. The molecule has 5 nitrogen and oxygen atoms in total. The van der Waals surface area contributed by atoms with Crippen LogP contribution in [0.25, 0.3) is 22.0 Å². The number of ether oxygens (including phenoxy) is 1. The van der Waals surface area contributed by atoms with Gasteiger partial charge in [0, 0.05) is 29.1 Å². The van der Waals surface area contributed by atoms with E-state index in [2.05, 4.69) is 10.3 Å². The van der Waals surface area contributed by atoms with E-state index in [1.165, 1.54) is 13.2 Å². The predicted molar refractivity (Wildman–Crippen MR) is 126 cm³/mol. The first-order chi connectivity index (χ1) is 16.0. The Morgan fingerprint density at radius 2 is 1.76 bits per heavy atom. The van der Waals surface area contributed by atoms with E-state index < -0.39 is 23.7 Å². The van der Waals surface area contributed by atoms with Crippen LogP contribution in [0.1, 0.15) is 24.0 Å². The Morgan fingerprint density at radius 3 is 2.48 bits per heavy atom. The summed E-state index contributed by atoms with van der Waals surface area (Å²) >= 11 is 0. The molecule has 0 spiro atoms. The molecule has 0 fully saturated rings. The van der Waals surface area contributed by atoms with Gasteiger partial charge in [0.05, 0.1) is 13.0 Å². The van der Waals surface area contributed by atoms with Crippen LogP contribution >= 0.6 is 0 Å². The number of esters is 1. The van der Waals surface area contributed by atoms with Crippen LogP contribution in [0.4, 0.5) is 4.39 Å². The minimum atomic E-state index is -0.863. The first kappa shape index (κ1) is 22.3. The molecule has 33 heavy (non-hydrogen) atoms. The molecule has 0 saturated carbocycles. The second kappa shape index (κ2) is 9.69. The highest BCUT2D eigenvalue weighted by Crippen LogP contribution is 2.27. The van der Waals surface area contributed by atoms with Crippen molar-refractivity contribution in [1.82, 2.24) is 10.3 Å². The summed E-state index contributed by atoms with van der Waals surface area (Å²) in [5.41, 5.74) is 3.61. The molecule has 1 unspecified atom stereocenters. The van der Waals surface area contributed by atoms with E-state index in [-0.39, 0.29) is 12.3 Å². The van der Waals surface area contributed by atoms with Crippen molar-refractivity contribution in [3.63, 3.8) is 0 Å². The smallest absolute Gasteiger partial charge is 0.328 e. The second-order valence-corrected chi connectivity index (χ2v) is 7.97. The van der Waals surface area contributed by atoms with Gasteiger partial charge in [0.2, 0.25) is 5.91 Å². The maximum absolute atomic E-state index is 14.8. The maximum Gasteiger partial charge on any atom is 0.328 e. The van der Waals surface area contributed by atoms with Crippen LogP contribution < -0.4 is 5.32 Å². The average Bonchev–Trinajstić information content (AvgIpc) is 3.25. The molecule has 2 atom stereocenters. The number of fused-ring (bicyclic) bond motifs is 1. The van der Waals surface area contributed by atoms with Gasteiger partial charge in [0.25, 0.3) is 0 Å². The Labute approximate surface area is 191 Å². The average molecular weight is 445 g/mol. The normalized spacial score (nSPS) is 12.8. The number of nitrogens with one attached hydrogen (secondary N) is 2. The van der Waals surface area contributed by atoms with E-state index in [1.54, 1.807) is 19.1 Å². The van der Waals surface area contributed by atoms with Gasteiger partial charge in [-0.25, -0.2) is 9.18 Å². The van der Waals surface area contributed by atoms with Gasteiger partial charge in [-0.1, -0.05) is 60.7 Å². The van der Waals surface area contributed by atoms with Crippen molar-refractivity contribution in [3.8, 4) is 11.1 Å². The fourth-order valence-electron chi connectivity index (χ4n) is 3.96. The van der Waals surface area contributed by atoms with E-state index in [1.807, 2.05) is 60.8 Å². The largest absolute Gasteiger partial charge is 0.467 e. The number of methoxy groups -OCH3 is 1. The van der Waals surface area contributed by atoms with Crippen molar-refractivity contribution in [2.75, 3.05) is 7.11 Å². The highest BCUT2D eigenvalue weighted by molar-refractivity contribution is 5.90. The standard InChI is InChI=1S/C27H25FN2O3/c1-17(19-12-13-21(23(28)14-19)18-8-4-3-5-9-18)26(31)30-25(27(32)33-2)15-20-16-29-24-11-7-6-10-22(20)24/h3-14,16-17,25,29H,15H2,1-2H3,(H,30,31)/t17?,25-/m0/s1. The van der Waals surface area contributed by atoms with Gasteiger partial charge in [-0.05, 0) is 35.7 Å². The lowest BCUT2D eigenvalue weighted by Gasteiger charge is -2.20. The zero-order valence-corrected chi connectivity index (χ0v) is 18.5. The van der Waals surface area contributed by atoms with Gasteiger partial charge in [-0.2, -0.15) is 0 Å². The van der Waals surface area contributed by atoms with Gasteiger partial charge in [-0.3, -0.25) is 4.79 Å². The summed E-state index contributed by atoms with van der Waals surface area (Å²) in [6.45, 7) is 1.69. The van der Waals surface area contributed by atoms with Gasteiger partial charge in [0.1, 0.15) is 11.9 Å². The Bertz CT molecular complexity index is 1280. The topological polar surface area (TPSA) is 71.2 Å². The first-order valence-corrected chi connectivity index (χ1v) is 10.8. The number of para-hydroxylation sites is 1. The van der Waals surface area contributed by atoms with Crippen LogP contribution in [-0.4, -0.2) is 30.0 Å². The quantitative estimate of drug-likeness (QED) is 0.395. The van der Waals surface area contributed by atoms with Crippen molar-refractivity contribution in [2.45, 2.75) is 25.3 Å². The molecule has 1 heterocycles. The van der Waals surface area contributed by atoms with Crippen LogP contribution in [0.2, 0.25) is 0 Å². The molecule has 0 aliphatic carbocycles. The summed E-state index contributed by atoms with van der Waals surface area (Å²) in [4.78, 5) is 28.6. The summed E-state index contributed by atoms with van der Waals surface area (Å²) in [5, 5.41) is 3.76. The molecule has 0 aliphatic heterocycles. The number of carbonyl (C=O) groups is 2. The lowest BCUT2D eigenvalue weighted by atomic mass is 9.95. The molecule has 4 aromatic rings. The SMILES string of the molecule is COC(=O)[C@H](Cc1c[nH]c2ccccc12)NC(=O)C(C)c1ccc(-c2ccccc2)c(F)c1. The Hall–Kier alpha value is -3.93. The van der Waals surface area contributed by atoms with Crippen LogP contribution in [0.5, 0.6) is 0 Å². The van der Waals surface area contributed by atoms with Crippen molar-refractivity contribution < 1.29 is 18.7 Å². The van der Waals surface area contributed by atoms with Crippen LogP contribution in [0.3, 0.4) is 0 Å². The zero-order chi connectivity index (χ0) is 23.4. The van der Waals surface area contributed by atoms with Crippen molar-refractivity contribution in [1.29, 1.82) is 0 Å². The molecule has 0 saturated heterocycles. The Morgan fingerprint density at radius 1 is 1.03 bits per heavy atom. The molecule has 0 aliphatic rings. The lowest BCUT2D eigenvalue weighted by molar-refractivity contribution is -0.145. The molecular weight excluding hydrogens is 419 g/mol. The monoisotopic (exact) mass is 444 g/mol. The number of benzene rings is 3. The van der Waals surface area contributed by atoms with Gasteiger partial charge in [0.15, 0.2) is 0 Å². The Kier molecular flexibility index (Phi) is 6.54. The summed E-state index contributed by atoms with van der Waals surface area (Å²) in [7, 11) is 1.29. The van der Waals surface area contributed by atoms with Gasteiger partial charge >= 0.3 is 5.97 Å².